The number of alkyl halides is 2. The maximum absolute atomic E-state index is 13.8. The number of imidazole rings is 1. The number of halogens is 2. The van der Waals surface area contributed by atoms with Crippen molar-refractivity contribution >= 4 is 23.2 Å². The standard InChI is InChI=1S/C23H29F2N5O2S/c1-14(2)30-10-19(26-13-30)18-9-29(20(31)16-6-23(24,25)7-16)12-22(18)4-5-28(21(22)32)8-17-11-33-15(3)27-17/h10-11,13-14,16,18H,4-9,12H2,1-3H3. The van der Waals surface area contributed by atoms with Crippen LogP contribution in [0, 0.1) is 18.3 Å². The van der Waals surface area contributed by atoms with Gasteiger partial charge in [0.2, 0.25) is 17.7 Å². The number of hydrogen-bond acceptors (Lipinski definition) is 5. The van der Waals surface area contributed by atoms with Crippen molar-refractivity contribution in [1.82, 2.24) is 24.3 Å². The molecule has 1 spiro atoms. The minimum atomic E-state index is -2.75. The number of likely N-dealkylation sites (tertiary alicyclic amines) is 2. The Balaban J connectivity index is 1.42. The van der Waals surface area contributed by atoms with Crippen molar-refractivity contribution < 1.29 is 18.4 Å². The molecule has 2 aromatic heterocycles. The number of hydrogen-bond donors (Lipinski definition) is 0. The highest BCUT2D eigenvalue weighted by Gasteiger charge is 2.60. The summed E-state index contributed by atoms with van der Waals surface area (Å²) in [4.78, 5) is 39.4. The maximum atomic E-state index is 13.8. The van der Waals surface area contributed by atoms with E-state index in [1.807, 2.05) is 28.0 Å². The summed E-state index contributed by atoms with van der Waals surface area (Å²) in [6.45, 7) is 7.68. The van der Waals surface area contributed by atoms with Gasteiger partial charge in [0, 0.05) is 61.9 Å². The molecule has 3 fully saturated rings. The summed E-state index contributed by atoms with van der Waals surface area (Å²) < 4.78 is 28.8. The average Bonchev–Trinajstić information content (AvgIpc) is 3.50. The largest absolute Gasteiger partial charge is 0.341 e. The Labute approximate surface area is 195 Å². The molecule has 178 valence electrons. The Morgan fingerprint density at radius 3 is 2.70 bits per heavy atom. The summed E-state index contributed by atoms with van der Waals surface area (Å²) in [6, 6.07) is 0.224. The fraction of sp³-hybridized carbons (Fsp3) is 0.652. The lowest BCUT2D eigenvalue weighted by atomic mass is 9.75. The highest BCUT2D eigenvalue weighted by Crippen LogP contribution is 2.51. The van der Waals surface area contributed by atoms with E-state index in [-0.39, 0.29) is 30.3 Å². The van der Waals surface area contributed by atoms with Crippen LogP contribution in [-0.4, -0.2) is 61.7 Å². The first kappa shape index (κ1) is 22.4. The number of carbonyl (C=O) groups excluding carboxylic acids is 2. The zero-order chi connectivity index (χ0) is 23.5. The van der Waals surface area contributed by atoms with Crippen LogP contribution in [0.4, 0.5) is 8.78 Å². The predicted octanol–water partition coefficient (Wildman–Crippen LogP) is 3.62. The summed E-state index contributed by atoms with van der Waals surface area (Å²) in [7, 11) is 0. The van der Waals surface area contributed by atoms with Crippen LogP contribution >= 0.6 is 11.3 Å². The second kappa shape index (κ2) is 7.85. The van der Waals surface area contributed by atoms with E-state index < -0.39 is 30.1 Å². The van der Waals surface area contributed by atoms with Crippen molar-refractivity contribution in [3.63, 3.8) is 0 Å². The molecule has 2 atom stereocenters. The number of nitrogens with zero attached hydrogens (tertiary/aromatic N) is 5. The lowest BCUT2D eigenvalue weighted by Gasteiger charge is -2.36. The normalized spacial score (nSPS) is 27.2. The monoisotopic (exact) mass is 477 g/mol. The molecule has 2 aliphatic heterocycles. The third-order valence-electron chi connectivity index (χ3n) is 7.43. The van der Waals surface area contributed by atoms with Gasteiger partial charge >= 0.3 is 0 Å². The van der Waals surface area contributed by atoms with E-state index in [1.165, 1.54) is 0 Å². The summed E-state index contributed by atoms with van der Waals surface area (Å²) in [5.41, 5.74) is 0.882. The van der Waals surface area contributed by atoms with Crippen molar-refractivity contribution in [2.75, 3.05) is 19.6 Å². The number of aromatic nitrogens is 3. The molecule has 2 amide bonds. The second-order valence-electron chi connectivity index (χ2n) is 10.1. The van der Waals surface area contributed by atoms with Crippen LogP contribution in [0.1, 0.15) is 61.5 Å². The Hall–Kier alpha value is -2.36. The summed E-state index contributed by atoms with van der Waals surface area (Å²) in [5, 5.41) is 2.93. The van der Waals surface area contributed by atoms with Gasteiger partial charge < -0.3 is 14.4 Å². The van der Waals surface area contributed by atoms with E-state index in [0.29, 0.717) is 26.1 Å². The Morgan fingerprint density at radius 1 is 1.33 bits per heavy atom. The van der Waals surface area contributed by atoms with Gasteiger partial charge in [0.05, 0.1) is 34.7 Å². The molecule has 1 saturated carbocycles. The van der Waals surface area contributed by atoms with Gasteiger partial charge in [-0.1, -0.05) is 0 Å². The molecule has 4 heterocycles. The molecular weight excluding hydrogens is 448 g/mol. The maximum Gasteiger partial charge on any atom is 0.249 e. The molecule has 0 bridgehead atoms. The molecule has 10 heteroatoms. The van der Waals surface area contributed by atoms with Crippen molar-refractivity contribution in [2.24, 2.45) is 11.3 Å². The van der Waals surface area contributed by atoms with E-state index in [2.05, 4.69) is 23.8 Å². The first-order chi connectivity index (χ1) is 15.6. The predicted molar refractivity (Wildman–Crippen MR) is 119 cm³/mol. The van der Waals surface area contributed by atoms with E-state index in [9.17, 15) is 18.4 Å². The Kier molecular flexibility index (Phi) is 5.34. The van der Waals surface area contributed by atoms with E-state index in [4.69, 9.17) is 0 Å². The van der Waals surface area contributed by atoms with Crippen LogP contribution < -0.4 is 0 Å². The summed E-state index contributed by atoms with van der Waals surface area (Å²) >= 11 is 1.56. The molecule has 5 rings (SSSR count). The number of rotatable bonds is 5. The van der Waals surface area contributed by atoms with Gasteiger partial charge in [-0.25, -0.2) is 18.7 Å². The van der Waals surface area contributed by atoms with Gasteiger partial charge in [-0.3, -0.25) is 9.59 Å². The number of carbonyl (C=O) groups is 2. The molecular formula is C23H29F2N5O2S. The van der Waals surface area contributed by atoms with Gasteiger partial charge in [-0.2, -0.15) is 0 Å². The minimum Gasteiger partial charge on any atom is -0.341 e. The third-order valence-corrected chi connectivity index (χ3v) is 8.25. The summed E-state index contributed by atoms with van der Waals surface area (Å²) in [6.07, 6.45) is 3.54. The highest BCUT2D eigenvalue weighted by molar-refractivity contribution is 7.09. The lowest BCUT2D eigenvalue weighted by Crippen LogP contribution is -2.47. The molecule has 0 radical (unpaired) electrons. The molecule has 0 N–H and O–H groups in total. The molecule has 3 aliphatic rings. The number of amides is 2. The van der Waals surface area contributed by atoms with E-state index >= 15 is 0 Å². The molecule has 0 aromatic carbocycles. The van der Waals surface area contributed by atoms with Crippen LogP contribution in [0.2, 0.25) is 0 Å². The van der Waals surface area contributed by atoms with Gasteiger partial charge in [0.25, 0.3) is 0 Å². The second-order valence-corrected chi connectivity index (χ2v) is 11.1. The first-order valence-corrected chi connectivity index (χ1v) is 12.4. The molecule has 33 heavy (non-hydrogen) atoms. The van der Waals surface area contributed by atoms with E-state index in [1.54, 1.807) is 22.6 Å². The van der Waals surface area contributed by atoms with Crippen molar-refractivity contribution in [3.05, 3.63) is 34.3 Å². The minimum absolute atomic E-state index is 0.00601. The third kappa shape index (κ3) is 3.86. The lowest BCUT2D eigenvalue weighted by molar-refractivity contribution is -0.159. The van der Waals surface area contributed by atoms with Crippen LogP contribution in [0.3, 0.4) is 0 Å². The number of thiazole rings is 1. The molecule has 7 nitrogen and oxygen atoms in total. The zero-order valence-electron chi connectivity index (χ0n) is 19.1. The van der Waals surface area contributed by atoms with Gasteiger partial charge in [0.1, 0.15) is 0 Å². The van der Waals surface area contributed by atoms with Crippen LogP contribution in [-0.2, 0) is 16.1 Å². The Bertz CT molecular complexity index is 1070. The average molecular weight is 478 g/mol. The zero-order valence-corrected chi connectivity index (χ0v) is 19.9. The molecule has 2 saturated heterocycles. The van der Waals surface area contributed by atoms with Crippen molar-refractivity contribution in [1.29, 1.82) is 0 Å². The van der Waals surface area contributed by atoms with Crippen LogP contribution in [0.25, 0.3) is 0 Å². The van der Waals surface area contributed by atoms with Crippen molar-refractivity contribution in [2.45, 2.75) is 64.5 Å². The summed E-state index contributed by atoms with van der Waals surface area (Å²) in [5.74, 6) is -3.91. The molecule has 1 aliphatic carbocycles. The topological polar surface area (TPSA) is 71.3 Å². The van der Waals surface area contributed by atoms with Gasteiger partial charge in [0.15, 0.2) is 0 Å². The fourth-order valence-corrected chi connectivity index (χ4v) is 6.12. The van der Waals surface area contributed by atoms with E-state index in [0.717, 1.165) is 16.4 Å². The first-order valence-electron chi connectivity index (χ1n) is 11.5. The SMILES string of the molecule is Cc1nc(CN2CCC3(CN(C(=O)C4CC(F)(F)C4)CC3c3cn(C(C)C)cn3)C2=O)cs1. The van der Waals surface area contributed by atoms with Crippen LogP contribution in [0.15, 0.2) is 17.9 Å². The van der Waals surface area contributed by atoms with Gasteiger partial charge in [-0.15, -0.1) is 11.3 Å². The fourth-order valence-electron chi connectivity index (χ4n) is 5.52. The van der Waals surface area contributed by atoms with Gasteiger partial charge in [-0.05, 0) is 27.2 Å². The quantitative estimate of drug-likeness (QED) is 0.660. The Morgan fingerprint density at radius 2 is 2.09 bits per heavy atom. The van der Waals surface area contributed by atoms with Crippen molar-refractivity contribution in [3.8, 4) is 0 Å². The molecule has 2 unspecified atom stereocenters. The highest BCUT2D eigenvalue weighted by atomic mass is 32.1. The number of aryl methyl sites for hydroxylation is 1. The molecule has 2 aromatic rings. The van der Waals surface area contributed by atoms with Crippen LogP contribution in [0.5, 0.6) is 0 Å². The smallest absolute Gasteiger partial charge is 0.249 e.